The van der Waals surface area contributed by atoms with Gasteiger partial charge in [-0.15, -0.1) is 0 Å². The highest BCUT2D eigenvalue weighted by molar-refractivity contribution is 5.91. The molecule has 0 aliphatic carbocycles. The predicted molar refractivity (Wildman–Crippen MR) is 265 cm³/mol. The Morgan fingerprint density at radius 3 is 0.754 bits per heavy atom. The Morgan fingerprint density at radius 2 is 0.508 bits per heavy atom. The van der Waals surface area contributed by atoms with Crippen molar-refractivity contribution in [2.45, 2.75) is 162 Å². The van der Waals surface area contributed by atoms with E-state index in [1.807, 2.05) is 24.3 Å². The van der Waals surface area contributed by atoms with Gasteiger partial charge in [0.05, 0.1) is 39.6 Å². The average molecular weight is 893 g/mol. The average Bonchev–Trinajstić information content (AvgIpc) is 3.33. The van der Waals surface area contributed by atoms with Crippen LogP contribution in [0.4, 0.5) is 0 Å². The molecule has 0 N–H and O–H groups in total. The van der Waals surface area contributed by atoms with Crippen LogP contribution in [-0.2, 0) is 19.1 Å². The van der Waals surface area contributed by atoms with Crippen LogP contribution in [0.3, 0.4) is 0 Å². The normalized spacial score (nSPS) is 11.0. The topological polar surface area (TPSA) is 89.5 Å². The maximum atomic E-state index is 12.1. The maximum absolute atomic E-state index is 12.1. The fourth-order valence-corrected chi connectivity index (χ4v) is 7.56. The molecule has 4 aromatic carbocycles. The number of ether oxygens (including phenoxy) is 6. The van der Waals surface area contributed by atoms with Crippen LogP contribution in [0.25, 0.3) is 22.3 Å². The summed E-state index contributed by atoms with van der Waals surface area (Å²) in [5, 5.41) is 0. The summed E-state index contributed by atoms with van der Waals surface area (Å²) in [6.07, 6.45) is 24.4. The molecule has 0 bridgehead atoms. The fourth-order valence-electron chi connectivity index (χ4n) is 7.56. The van der Waals surface area contributed by atoms with E-state index in [0.29, 0.717) is 26.4 Å². The van der Waals surface area contributed by atoms with Gasteiger partial charge in [-0.25, -0.2) is 0 Å². The smallest absolute Gasteiger partial charge is 0.317 e. The number of esters is 2. The van der Waals surface area contributed by atoms with Gasteiger partial charge in [-0.2, -0.15) is 0 Å². The first-order chi connectivity index (χ1) is 32.0. The minimum absolute atomic E-state index is 0.322. The zero-order valence-electron chi connectivity index (χ0n) is 40.0. The molecule has 8 heteroatoms. The summed E-state index contributed by atoms with van der Waals surface area (Å²) in [5.74, 6) is 2.55. The van der Waals surface area contributed by atoms with Gasteiger partial charge in [0.25, 0.3) is 0 Å². The summed E-state index contributed by atoms with van der Waals surface area (Å²) in [5.41, 5.74) is 4.62. The van der Waals surface area contributed by atoms with Gasteiger partial charge in [0.15, 0.2) is 0 Å². The van der Waals surface area contributed by atoms with Crippen LogP contribution in [0.15, 0.2) is 97.1 Å². The maximum Gasteiger partial charge on any atom is 0.317 e. The van der Waals surface area contributed by atoms with Crippen molar-refractivity contribution in [2.24, 2.45) is 0 Å². The largest absolute Gasteiger partial charge is 0.494 e. The highest BCUT2D eigenvalue weighted by atomic mass is 16.6. The van der Waals surface area contributed by atoms with Crippen molar-refractivity contribution < 1.29 is 38.0 Å². The van der Waals surface area contributed by atoms with Gasteiger partial charge >= 0.3 is 11.9 Å². The molecule has 65 heavy (non-hydrogen) atoms. The van der Waals surface area contributed by atoms with E-state index in [2.05, 4.69) is 86.6 Å². The van der Waals surface area contributed by atoms with Crippen molar-refractivity contribution in [1.29, 1.82) is 0 Å². The third-order valence-electron chi connectivity index (χ3n) is 11.5. The number of carbonyl (C=O) groups excluding carboxylic acids is 2. The van der Waals surface area contributed by atoms with Gasteiger partial charge in [0.1, 0.15) is 29.4 Å². The van der Waals surface area contributed by atoms with Gasteiger partial charge in [-0.05, 0) is 109 Å². The molecule has 0 saturated heterocycles. The molecule has 0 saturated carbocycles. The Kier molecular flexibility index (Phi) is 27.8. The van der Waals surface area contributed by atoms with E-state index < -0.39 is 11.9 Å². The first-order valence-corrected chi connectivity index (χ1v) is 25.3. The summed E-state index contributed by atoms with van der Waals surface area (Å²) >= 11 is 0. The molecule has 0 spiro atoms. The standard InChI is InChI=1S/C57H80O8/c1-3-5-7-9-13-19-41-60-52-33-25-48(26-34-52)50-29-37-54(38-30-50)62-43-21-15-11-17-23-45-64-56(58)47-57(59)65-46-24-18-12-16-22-44-63-55-39-31-51(32-40-55)49-27-35-53(36-28-49)61-42-20-14-10-8-6-4-2/h25-40H,3-24,41-47H2,1-2H3. The third-order valence-corrected chi connectivity index (χ3v) is 11.5. The SMILES string of the molecule is CCCCCCCCOc1ccc(-c2ccc(OCCCCCCCOC(=O)CC(=O)OCCCCCCCOc3ccc(-c4ccc(OCCCCCCCC)cc4)cc3)cc2)cc1. The van der Waals surface area contributed by atoms with E-state index >= 15 is 0 Å². The van der Waals surface area contributed by atoms with E-state index in [0.717, 1.165) is 136 Å². The zero-order chi connectivity index (χ0) is 45.8. The first-order valence-electron chi connectivity index (χ1n) is 25.3. The number of hydrogen-bond donors (Lipinski definition) is 0. The van der Waals surface area contributed by atoms with Crippen molar-refractivity contribution in [3.05, 3.63) is 97.1 Å². The van der Waals surface area contributed by atoms with E-state index in [1.165, 1.54) is 64.2 Å². The molecule has 8 nitrogen and oxygen atoms in total. The molecular weight excluding hydrogens is 813 g/mol. The Hall–Kier alpha value is -4.98. The number of hydrogen-bond acceptors (Lipinski definition) is 8. The van der Waals surface area contributed by atoms with Crippen molar-refractivity contribution >= 4 is 11.9 Å². The molecule has 4 rings (SSSR count). The molecule has 0 unspecified atom stereocenters. The molecule has 0 heterocycles. The monoisotopic (exact) mass is 893 g/mol. The second-order valence-corrected chi connectivity index (χ2v) is 17.2. The van der Waals surface area contributed by atoms with Gasteiger partial charge in [0, 0.05) is 0 Å². The molecular formula is C57H80O8. The predicted octanol–water partition coefficient (Wildman–Crippen LogP) is 15.3. The second-order valence-electron chi connectivity index (χ2n) is 17.2. The third kappa shape index (κ3) is 24.2. The van der Waals surface area contributed by atoms with Crippen molar-refractivity contribution in [1.82, 2.24) is 0 Å². The van der Waals surface area contributed by atoms with E-state index in [4.69, 9.17) is 28.4 Å². The molecule has 0 aromatic heterocycles. The van der Waals surface area contributed by atoms with Gasteiger partial charge < -0.3 is 28.4 Å². The van der Waals surface area contributed by atoms with Crippen molar-refractivity contribution in [2.75, 3.05) is 39.6 Å². The quantitative estimate of drug-likeness (QED) is 0.0250. The van der Waals surface area contributed by atoms with E-state index in [-0.39, 0.29) is 6.42 Å². The van der Waals surface area contributed by atoms with Crippen molar-refractivity contribution in [3.63, 3.8) is 0 Å². The Balaban J connectivity index is 0.903. The summed E-state index contributed by atoms with van der Waals surface area (Å²) in [6.45, 7) is 8.02. The van der Waals surface area contributed by atoms with Crippen LogP contribution >= 0.6 is 0 Å². The molecule has 0 fully saturated rings. The van der Waals surface area contributed by atoms with Gasteiger partial charge in [0.2, 0.25) is 0 Å². The lowest BCUT2D eigenvalue weighted by Crippen LogP contribution is -2.15. The van der Waals surface area contributed by atoms with Crippen LogP contribution in [0, 0.1) is 0 Å². The lowest BCUT2D eigenvalue weighted by atomic mass is 10.1. The second kappa shape index (κ2) is 34.4. The number of carbonyl (C=O) groups is 2. The summed E-state index contributed by atoms with van der Waals surface area (Å²) < 4.78 is 34.3. The number of unbranched alkanes of at least 4 members (excludes halogenated alkanes) is 18. The van der Waals surface area contributed by atoms with Crippen LogP contribution in [0.5, 0.6) is 23.0 Å². The summed E-state index contributed by atoms with van der Waals surface area (Å²) in [4.78, 5) is 24.2. The van der Waals surface area contributed by atoms with Crippen LogP contribution in [0.2, 0.25) is 0 Å². The highest BCUT2D eigenvalue weighted by Gasteiger charge is 2.12. The Bertz CT molecular complexity index is 1650. The molecule has 0 radical (unpaired) electrons. The lowest BCUT2D eigenvalue weighted by Gasteiger charge is -2.09. The van der Waals surface area contributed by atoms with Crippen LogP contribution in [0.1, 0.15) is 162 Å². The molecule has 0 atom stereocenters. The van der Waals surface area contributed by atoms with Gasteiger partial charge in [-0.1, -0.05) is 165 Å². The lowest BCUT2D eigenvalue weighted by molar-refractivity contribution is -0.154. The minimum atomic E-state index is -0.521. The zero-order valence-corrected chi connectivity index (χ0v) is 40.0. The Morgan fingerprint density at radius 1 is 0.292 bits per heavy atom. The van der Waals surface area contributed by atoms with E-state index in [1.54, 1.807) is 0 Å². The Labute approximate surface area is 392 Å². The van der Waals surface area contributed by atoms with Crippen molar-refractivity contribution in [3.8, 4) is 45.3 Å². The molecule has 0 aliphatic rings. The molecule has 0 amide bonds. The van der Waals surface area contributed by atoms with Gasteiger partial charge in [-0.3, -0.25) is 9.59 Å². The summed E-state index contributed by atoms with van der Waals surface area (Å²) in [6, 6.07) is 33.1. The molecule has 356 valence electrons. The van der Waals surface area contributed by atoms with E-state index in [9.17, 15) is 9.59 Å². The first kappa shape index (κ1) is 52.6. The summed E-state index contributed by atoms with van der Waals surface area (Å²) in [7, 11) is 0. The number of benzene rings is 4. The minimum Gasteiger partial charge on any atom is -0.494 e. The fraction of sp³-hybridized carbons (Fsp3) is 0.544. The van der Waals surface area contributed by atoms with Crippen LogP contribution in [-0.4, -0.2) is 51.6 Å². The molecule has 4 aromatic rings. The number of rotatable bonds is 38. The molecule has 0 aliphatic heterocycles. The van der Waals surface area contributed by atoms with Crippen LogP contribution < -0.4 is 18.9 Å². The highest BCUT2D eigenvalue weighted by Crippen LogP contribution is 2.27.